The van der Waals surface area contributed by atoms with Crippen LogP contribution in [0.2, 0.25) is 0 Å². The van der Waals surface area contributed by atoms with Gasteiger partial charge in [-0.2, -0.15) is 4.31 Å². The Morgan fingerprint density at radius 1 is 1.03 bits per heavy atom. The van der Waals surface area contributed by atoms with Gasteiger partial charge < -0.3 is 19.7 Å². The first kappa shape index (κ1) is 21.7. The van der Waals surface area contributed by atoms with Crippen LogP contribution in [0.3, 0.4) is 0 Å². The lowest BCUT2D eigenvalue weighted by atomic mass is 10.00. The third kappa shape index (κ3) is 4.79. The first-order chi connectivity index (χ1) is 14.0. The summed E-state index contributed by atoms with van der Waals surface area (Å²) in [5.74, 6) is 0.0741. The zero-order chi connectivity index (χ0) is 20.9. The molecule has 0 aromatic heterocycles. The second kappa shape index (κ2) is 9.69. The summed E-state index contributed by atoms with van der Waals surface area (Å²) in [7, 11) is -3.86. The van der Waals surface area contributed by atoms with Crippen LogP contribution in [0.1, 0.15) is 12.5 Å². The molecule has 0 spiro atoms. The SMILES string of the molecule is CCOc1ccc(S(=O)(=O)N2C[C@H](OCc3ccccc3)[C@H](CO)[C@@H]2CO)cc1. The van der Waals surface area contributed by atoms with E-state index in [0.717, 1.165) is 5.56 Å². The quantitative estimate of drug-likeness (QED) is 0.639. The monoisotopic (exact) mass is 421 g/mol. The van der Waals surface area contributed by atoms with Crippen LogP contribution in [0.15, 0.2) is 59.5 Å². The van der Waals surface area contributed by atoms with E-state index in [0.29, 0.717) is 19.0 Å². The molecular weight excluding hydrogens is 394 g/mol. The molecule has 1 aliphatic heterocycles. The second-order valence-electron chi connectivity index (χ2n) is 6.91. The summed E-state index contributed by atoms with van der Waals surface area (Å²) in [6, 6.07) is 15.0. The average molecular weight is 422 g/mol. The third-order valence-electron chi connectivity index (χ3n) is 5.15. The highest BCUT2D eigenvalue weighted by molar-refractivity contribution is 7.89. The predicted molar refractivity (Wildman–Crippen MR) is 108 cm³/mol. The lowest BCUT2D eigenvalue weighted by Crippen LogP contribution is -2.41. The van der Waals surface area contributed by atoms with Crippen molar-refractivity contribution in [2.45, 2.75) is 30.6 Å². The molecule has 0 unspecified atom stereocenters. The van der Waals surface area contributed by atoms with E-state index in [1.807, 2.05) is 37.3 Å². The van der Waals surface area contributed by atoms with E-state index >= 15 is 0 Å². The van der Waals surface area contributed by atoms with Gasteiger partial charge in [0.15, 0.2) is 0 Å². The molecule has 1 heterocycles. The fourth-order valence-corrected chi connectivity index (χ4v) is 5.29. The summed E-state index contributed by atoms with van der Waals surface area (Å²) in [6.45, 7) is 2.04. The number of hydrogen-bond acceptors (Lipinski definition) is 6. The summed E-state index contributed by atoms with van der Waals surface area (Å²) in [6.07, 6.45) is -0.519. The van der Waals surface area contributed by atoms with Crippen LogP contribution < -0.4 is 4.74 Å². The Bertz CT molecular complexity index is 872. The number of aliphatic hydroxyl groups excluding tert-OH is 2. The third-order valence-corrected chi connectivity index (χ3v) is 7.05. The maximum Gasteiger partial charge on any atom is 0.243 e. The van der Waals surface area contributed by atoms with E-state index in [9.17, 15) is 18.6 Å². The molecule has 3 rings (SSSR count). The highest BCUT2D eigenvalue weighted by Crippen LogP contribution is 2.33. The Kier molecular flexibility index (Phi) is 7.26. The molecule has 0 radical (unpaired) electrons. The van der Waals surface area contributed by atoms with Crippen LogP contribution in [0.4, 0.5) is 0 Å². The van der Waals surface area contributed by atoms with E-state index in [1.54, 1.807) is 12.1 Å². The van der Waals surface area contributed by atoms with Gasteiger partial charge in [0.05, 0.1) is 43.5 Å². The smallest absolute Gasteiger partial charge is 0.243 e. The van der Waals surface area contributed by atoms with Gasteiger partial charge in [0, 0.05) is 12.5 Å². The number of sulfonamides is 1. The van der Waals surface area contributed by atoms with Crippen LogP contribution >= 0.6 is 0 Å². The van der Waals surface area contributed by atoms with Crippen molar-refractivity contribution in [1.29, 1.82) is 0 Å². The number of benzene rings is 2. The van der Waals surface area contributed by atoms with E-state index in [4.69, 9.17) is 9.47 Å². The van der Waals surface area contributed by atoms with Crippen molar-refractivity contribution in [2.24, 2.45) is 5.92 Å². The van der Waals surface area contributed by atoms with Crippen molar-refractivity contribution in [1.82, 2.24) is 4.31 Å². The Balaban J connectivity index is 1.79. The first-order valence-electron chi connectivity index (χ1n) is 9.63. The molecule has 29 heavy (non-hydrogen) atoms. The van der Waals surface area contributed by atoms with Crippen molar-refractivity contribution in [3.8, 4) is 5.75 Å². The summed E-state index contributed by atoms with van der Waals surface area (Å²) >= 11 is 0. The van der Waals surface area contributed by atoms with Gasteiger partial charge in [0.2, 0.25) is 10.0 Å². The van der Waals surface area contributed by atoms with Gasteiger partial charge in [-0.15, -0.1) is 0 Å². The zero-order valence-corrected chi connectivity index (χ0v) is 17.2. The molecule has 1 saturated heterocycles. The number of ether oxygens (including phenoxy) is 2. The molecule has 2 aromatic carbocycles. The van der Waals surface area contributed by atoms with E-state index < -0.39 is 34.7 Å². The lowest BCUT2D eigenvalue weighted by molar-refractivity contribution is -0.0000205. The largest absolute Gasteiger partial charge is 0.494 e. The average Bonchev–Trinajstić information content (AvgIpc) is 3.12. The minimum atomic E-state index is -3.86. The number of hydrogen-bond donors (Lipinski definition) is 2. The Morgan fingerprint density at radius 2 is 1.72 bits per heavy atom. The van der Waals surface area contributed by atoms with Crippen molar-refractivity contribution in [2.75, 3.05) is 26.4 Å². The molecule has 1 fully saturated rings. The second-order valence-corrected chi connectivity index (χ2v) is 8.80. The van der Waals surface area contributed by atoms with Gasteiger partial charge >= 0.3 is 0 Å². The molecular formula is C21H27NO6S. The molecule has 0 bridgehead atoms. The first-order valence-corrected chi connectivity index (χ1v) is 11.1. The van der Waals surface area contributed by atoms with E-state index in [-0.39, 0.29) is 18.0 Å². The van der Waals surface area contributed by atoms with Crippen LogP contribution in [0.25, 0.3) is 0 Å². The predicted octanol–water partition coefficient (Wildman–Crippen LogP) is 1.64. The van der Waals surface area contributed by atoms with Crippen molar-refractivity contribution in [3.05, 3.63) is 60.2 Å². The van der Waals surface area contributed by atoms with E-state index in [2.05, 4.69) is 0 Å². The molecule has 8 heteroatoms. The van der Waals surface area contributed by atoms with Crippen LogP contribution in [0.5, 0.6) is 5.75 Å². The van der Waals surface area contributed by atoms with Gasteiger partial charge in [-0.05, 0) is 36.8 Å². The summed E-state index contributed by atoms with van der Waals surface area (Å²) < 4.78 is 38.9. The molecule has 0 saturated carbocycles. The van der Waals surface area contributed by atoms with Gasteiger partial charge in [-0.25, -0.2) is 8.42 Å². The standard InChI is InChI=1S/C21H27NO6S/c1-2-27-17-8-10-18(11-9-17)29(25,26)22-12-21(19(13-23)20(22)14-24)28-15-16-6-4-3-5-7-16/h3-11,19-21,23-24H,2,12-15H2,1H3/t19-,20+,21+/m1/s1. The molecule has 7 nitrogen and oxygen atoms in total. The minimum absolute atomic E-state index is 0.0683. The highest BCUT2D eigenvalue weighted by atomic mass is 32.2. The molecule has 0 amide bonds. The van der Waals surface area contributed by atoms with Gasteiger partial charge in [0.1, 0.15) is 5.75 Å². The Morgan fingerprint density at radius 3 is 2.31 bits per heavy atom. The lowest BCUT2D eigenvalue weighted by Gasteiger charge is -2.25. The summed E-state index contributed by atoms with van der Waals surface area (Å²) in [5, 5.41) is 19.7. The maximum atomic E-state index is 13.2. The normalized spacial score (nSPS) is 22.7. The topological polar surface area (TPSA) is 96.3 Å². The number of aliphatic hydroxyl groups is 2. The van der Waals surface area contributed by atoms with Crippen molar-refractivity contribution < 1.29 is 28.1 Å². The number of rotatable bonds is 9. The van der Waals surface area contributed by atoms with Crippen LogP contribution in [-0.4, -0.2) is 61.4 Å². The van der Waals surface area contributed by atoms with E-state index in [1.165, 1.54) is 16.4 Å². The molecule has 2 aromatic rings. The van der Waals surface area contributed by atoms with Crippen molar-refractivity contribution >= 4 is 10.0 Å². The maximum absolute atomic E-state index is 13.2. The molecule has 2 N–H and O–H groups in total. The highest BCUT2D eigenvalue weighted by Gasteiger charge is 2.47. The van der Waals surface area contributed by atoms with Crippen LogP contribution in [-0.2, 0) is 21.4 Å². The Hall–Kier alpha value is -1.97. The Labute approximate surface area is 171 Å². The van der Waals surface area contributed by atoms with Crippen LogP contribution in [0, 0.1) is 5.92 Å². The molecule has 0 aliphatic carbocycles. The fraction of sp³-hybridized carbons (Fsp3) is 0.429. The number of nitrogens with zero attached hydrogens (tertiary/aromatic N) is 1. The van der Waals surface area contributed by atoms with Gasteiger partial charge in [0.25, 0.3) is 0 Å². The summed E-state index contributed by atoms with van der Waals surface area (Å²) in [4.78, 5) is 0.111. The molecule has 3 atom stereocenters. The molecule has 158 valence electrons. The van der Waals surface area contributed by atoms with Gasteiger partial charge in [-0.1, -0.05) is 30.3 Å². The fourth-order valence-electron chi connectivity index (χ4n) is 3.62. The minimum Gasteiger partial charge on any atom is -0.494 e. The van der Waals surface area contributed by atoms with Gasteiger partial charge in [-0.3, -0.25) is 0 Å². The summed E-state index contributed by atoms with van der Waals surface area (Å²) in [5.41, 5.74) is 0.956. The molecule has 1 aliphatic rings. The zero-order valence-electron chi connectivity index (χ0n) is 16.3. The van der Waals surface area contributed by atoms with Crippen molar-refractivity contribution in [3.63, 3.8) is 0 Å².